The SMILES string of the molecule is COc1cc2nn[nH]c2cc1C(=O)N[C@H]1CCN(c2c(F)cccc2F)C1. The number of H-pyrrole nitrogens is 1. The number of halogens is 2. The van der Waals surface area contributed by atoms with Crippen molar-refractivity contribution in [2.45, 2.75) is 12.5 Å². The van der Waals surface area contributed by atoms with Gasteiger partial charge >= 0.3 is 0 Å². The number of carbonyl (C=O) groups is 1. The van der Waals surface area contributed by atoms with E-state index in [9.17, 15) is 13.6 Å². The normalized spacial score (nSPS) is 16.7. The Morgan fingerprint density at radius 2 is 2.11 bits per heavy atom. The first-order valence-electron chi connectivity index (χ1n) is 8.45. The molecule has 1 aliphatic rings. The predicted molar refractivity (Wildman–Crippen MR) is 94.9 cm³/mol. The smallest absolute Gasteiger partial charge is 0.255 e. The minimum atomic E-state index is -0.610. The van der Waals surface area contributed by atoms with E-state index in [2.05, 4.69) is 20.7 Å². The highest BCUT2D eigenvalue weighted by Gasteiger charge is 2.28. The van der Waals surface area contributed by atoms with Crippen LogP contribution in [0.4, 0.5) is 14.5 Å². The summed E-state index contributed by atoms with van der Waals surface area (Å²) in [6, 6.07) is 6.79. The summed E-state index contributed by atoms with van der Waals surface area (Å²) in [4.78, 5) is 14.3. The number of para-hydroxylation sites is 1. The summed E-state index contributed by atoms with van der Waals surface area (Å²) in [6.45, 7) is 0.767. The largest absolute Gasteiger partial charge is 0.496 e. The Morgan fingerprint density at radius 3 is 2.85 bits per heavy atom. The van der Waals surface area contributed by atoms with Crippen LogP contribution in [0.15, 0.2) is 30.3 Å². The molecule has 0 unspecified atom stereocenters. The number of hydrogen-bond acceptors (Lipinski definition) is 5. The lowest BCUT2D eigenvalue weighted by atomic mass is 10.1. The number of aromatic nitrogens is 3. The Kier molecular flexibility index (Phi) is 4.35. The van der Waals surface area contributed by atoms with Gasteiger partial charge in [0, 0.05) is 25.2 Å². The fourth-order valence-electron chi connectivity index (χ4n) is 3.36. The minimum absolute atomic E-state index is 0.0585. The number of methoxy groups -OCH3 is 1. The molecule has 1 aromatic heterocycles. The molecule has 2 heterocycles. The second-order valence-corrected chi connectivity index (χ2v) is 6.36. The number of hydrogen-bond donors (Lipinski definition) is 2. The maximum Gasteiger partial charge on any atom is 0.255 e. The van der Waals surface area contributed by atoms with Crippen molar-refractivity contribution < 1.29 is 18.3 Å². The Bertz CT molecular complexity index is 986. The summed E-state index contributed by atoms with van der Waals surface area (Å²) in [5, 5.41) is 13.2. The van der Waals surface area contributed by atoms with Gasteiger partial charge in [0.05, 0.1) is 18.2 Å². The van der Waals surface area contributed by atoms with Crippen molar-refractivity contribution in [1.82, 2.24) is 20.7 Å². The number of benzene rings is 2. The van der Waals surface area contributed by atoms with Crippen molar-refractivity contribution in [2.24, 2.45) is 0 Å². The average Bonchev–Trinajstić information content (AvgIpc) is 3.29. The molecule has 1 atom stereocenters. The molecule has 4 rings (SSSR count). The van der Waals surface area contributed by atoms with E-state index in [-0.39, 0.29) is 17.6 Å². The molecule has 0 spiro atoms. The number of rotatable bonds is 4. The predicted octanol–water partition coefficient (Wildman–Crippen LogP) is 2.25. The second-order valence-electron chi connectivity index (χ2n) is 6.36. The highest BCUT2D eigenvalue weighted by Crippen LogP contribution is 2.28. The van der Waals surface area contributed by atoms with Gasteiger partial charge in [0.25, 0.3) is 5.91 Å². The van der Waals surface area contributed by atoms with Gasteiger partial charge in [-0.15, -0.1) is 5.10 Å². The van der Waals surface area contributed by atoms with Crippen LogP contribution in [0.3, 0.4) is 0 Å². The maximum atomic E-state index is 14.0. The zero-order valence-corrected chi connectivity index (χ0v) is 14.5. The minimum Gasteiger partial charge on any atom is -0.496 e. The summed E-state index contributed by atoms with van der Waals surface area (Å²) in [5.74, 6) is -1.17. The van der Waals surface area contributed by atoms with Crippen molar-refractivity contribution in [3.63, 3.8) is 0 Å². The molecule has 0 saturated carbocycles. The summed E-state index contributed by atoms with van der Waals surface area (Å²) in [6.07, 6.45) is 0.579. The van der Waals surface area contributed by atoms with Crippen molar-refractivity contribution in [2.75, 3.05) is 25.1 Å². The molecule has 0 bridgehead atoms. The van der Waals surface area contributed by atoms with Gasteiger partial charge in [-0.2, -0.15) is 0 Å². The van der Waals surface area contributed by atoms with Crippen LogP contribution >= 0.6 is 0 Å². The van der Waals surface area contributed by atoms with E-state index >= 15 is 0 Å². The number of anilines is 1. The molecule has 1 amide bonds. The van der Waals surface area contributed by atoms with Crippen LogP contribution in [0.5, 0.6) is 5.75 Å². The molecule has 7 nitrogen and oxygen atoms in total. The number of carbonyl (C=O) groups excluding carboxylic acids is 1. The molecule has 2 N–H and O–H groups in total. The van der Waals surface area contributed by atoms with Crippen molar-refractivity contribution in [1.29, 1.82) is 0 Å². The molecule has 2 aromatic carbocycles. The molecule has 3 aromatic rings. The third-order valence-corrected chi connectivity index (χ3v) is 4.67. The maximum absolute atomic E-state index is 14.0. The lowest BCUT2D eigenvalue weighted by molar-refractivity contribution is 0.0937. The highest BCUT2D eigenvalue weighted by atomic mass is 19.1. The lowest BCUT2D eigenvalue weighted by Crippen LogP contribution is -2.37. The molecule has 27 heavy (non-hydrogen) atoms. The van der Waals surface area contributed by atoms with Crippen LogP contribution in [0.1, 0.15) is 16.8 Å². The molecular weight excluding hydrogens is 356 g/mol. The number of fused-ring (bicyclic) bond motifs is 1. The second kappa shape index (κ2) is 6.82. The van der Waals surface area contributed by atoms with E-state index in [0.717, 1.165) is 0 Å². The van der Waals surface area contributed by atoms with E-state index in [1.807, 2.05) is 0 Å². The van der Waals surface area contributed by atoms with Gasteiger partial charge in [0.15, 0.2) is 0 Å². The van der Waals surface area contributed by atoms with Crippen molar-refractivity contribution in [3.05, 3.63) is 47.5 Å². The van der Waals surface area contributed by atoms with Gasteiger partial charge in [0.1, 0.15) is 28.6 Å². The Labute approximate surface area is 153 Å². The van der Waals surface area contributed by atoms with Gasteiger partial charge < -0.3 is 15.0 Å². The van der Waals surface area contributed by atoms with Crippen LogP contribution < -0.4 is 15.0 Å². The average molecular weight is 373 g/mol. The first-order valence-corrected chi connectivity index (χ1v) is 8.45. The van der Waals surface area contributed by atoms with Gasteiger partial charge in [-0.25, -0.2) is 8.78 Å². The Hall–Kier alpha value is -3.23. The van der Waals surface area contributed by atoms with E-state index in [1.54, 1.807) is 17.0 Å². The number of nitrogens with one attached hydrogen (secondary N) is 2. The number of ether oxygens (including phenoxy) is 1. The monoisotopic (exact) mass is 373 g/mol. The van der Waals surface area contributed by atoms with Crippen LogP contribution in [0.25, 0.3) is 11.0 Å². The topological polar surface area (TPSA) is 83.1 Å². The van der Waals surface area contributed by atoms with Crippen LogP contribution in [-0.2, 0) is 0 Å². The van der Waals surface area contributed by atoms with Crippen molar-refractivity contribution >= 4 is 22.6 Å². The Balaban J connectivity index is 1.51. The lowest BCUT2D eigenvalue weighted by Gasteiger charge is -2.20. The molecule has 9 heteroatoms. The van der Waals surface area contributed by atoms with E-state index < -0.39 is 11.6 Å². The molecule has 0 aliphatic carbocycles. The molecule has 1 aliphatic heterocycles. The summed E-state index contributed by atoms with van der Waals surface area (Å²) >= 11 is 0. The first-order chi connectivity index (χ1) is 13.1. The van der Waals surface area contributed by atoms with E-state index in [4.69, 9.17) is 4.74 Å². The van der Waals surface area contributed by atoms with Crippen LogP contribution in [0.2, 0.25) is 0 Å². The standard InChI is InChI=1S/C18H17F2N5O2/c1-27-16-8-15-14(22-24-23-15)7-11(16)18(26)21-10-5-6-25(9-10)17-12(19)3-2-4-13(17)20/h2-4,7-8,10H,5-6,9H2,1H3,(H,21,26)(H,22,23,24)/t10-/m0/s1. The molecule has 0 radical (unpaired) electrons. The van der Waals surface area contributed by atoms with Crippen LogP contribution in [-0.4, -0.2) is 47.6 Å². The fourth-order valence-corrected chi connectivity index (χ4v) is 3.36. The van der Waals surface area contributed by atoms with Crippen LogP contribution in [0, 0.1) is 11.6 Å². The third kappa shape index (κ3) is 3.16. The van der Waals surface area contributed by atoms with Gasteiger partial charge in [-0.1, -0.05) is 11.3 Å². The Morgan fingerprint density at radius 1 is 1.33 bits per heavy atom. The molecule has 140 valence electrons. The van der Waals surface area contributed by atoms with Gasteiger partial charge in [-0.05, 0) is 24.6 Å². The van der Waals surface area contributed by atoms with Gasteiger partial charge in [0.2, 0.25) is 0 Å². The number of aromatic amines is 1. The molecule has 1 saturated heterocycles. The van der Waals surface area contributed by atoms with E-state index in [0.29, 0.717) is 41.9 Å². The van der Waals surface area contributed by atoms with E-state index in [1.165, 1.54) is 25.3 Å². The molecular formula is C18H17F2N5O2. The van der Waals surface area contributed by atoms with Gasteiger partial charge in [-0.3, -0.25) is 9.89 Å². The summed E-state index contributed by atoms with van der Waals surface area (Å²) in [7, 11) is 1.47. The highest BCUT2D eigenvalue weighted by molar-refractivity contribution is 6.00. The fraction of sp³-hybridized carbons (Fsp3) is 0.278. The zero-order valence-electron chi connectivity index (χ0n) is 14.5. The third-order valence-electron chi connectivity index (χ3n) is 4.67. The first kappa shape index (κ1) is 17.2. The molecule has 1 fully saturated rings. The zero-order chi connectivity index (χ0) is 19.0. The quantitative estimate of drug-likeness (QED) is 0.733. The number of nitrogens with zero attached hydrogens (tertiary/aromatic N) is 3. The number of amides is 1. The van der Waals surface area contributed by atoms with Crippen molar-refractivity contribution in [3.8, 4) is 5.75 Å². The summed E-state index contributed by atoms with van der Waals surface area (Å²) < 4.78 is 33.2. The summed E-state index contributed by atoms with van der Waals surface area (Å²) in [5.41, 5.74) is 1.48.